The van der Waals surface area contributed by atoms with Gasteiger partial charge in [-0.05, 0) is 49.9 Å². The average Bonchev–Trinajstić information content (AvgIpc) is 2.74. The zero-order valence-electron chi connectivity index (χ0n) is 15.7. The van der Waals surface area contributed by atoms with Crippen LogP contribution in [0.1, 0.15) is 52.2 Å². The van der Waals surface area contributed by atoms with E-state index >= 15 is 0 Å². The van der Waals surface area contributed by atoms with Gasteiger partial charge in [-0.3, -0.25) is 9.48 Å². The molecule has 0 N–H and O–H groups in total. The molecule has 0 radical (unpaired) electrons. The van der Waals surface area contributed by atoms with Gasteiger partial charge in [-0.1, -0.05) is 13.8 Å². The third kappa shape index (κ3) is 2.27. The largest absolute Gasteiger partial charge is 0.492 e. The highest BCUT2D eigenvalue weighted by atomic mass is 16.5. The minimum Gasteiger partial charge on any atom is -0.492 e. The molecular weight excluding hydrogens is 300 g/mol. The van der Waals surface area contributed by atoms with Crippen molar-refractivity contribution in [2.75, 3.05) is 6.61 Å². The van der Waals surface area contributed by atoms with Crippen LogP contribution in [0.3, 0.4) is 0 Å². The molecule has 1 aromatic carbocycles. The summed E-state index contributed by atoms with van der Waals surface area (Å²) < 4.78 is 8.00. The summed E-state index contributed by atoms with van der Waals surface area (Å²) in [6.45, 7) is 13.0. The maximum absolute atomic E-state index is 12.6. The first-order chi connectivity index (χ1) is 11.3. The molecule has 3 rings (SSSR count). The number of ether oxygens (including phenoxy) is 1. The fraction of sp³-hybridized carbons (Fsp3) is 0.500. The molecule has 1 aliphatic heterocycles. The second kappa shape index (κ2) is 5.76. The standard InChI is InChI=1S/C20H26N2O2/c1-10(2)19(23)17-15-8-9-24-20-14(6)12(4)11(3)13(5)16(20)18(15)22(7)21-17/h10H,8-9H2,1-7H3. The van der Waals surface area contributed by atoms with Crippen LogP contribution in [0.4, 0.5) is 0 Å². The van der Waals surface area contributed by atoms with Gasteiger partial charge in [0, 0.05) is 30.5 Å². The Bertz CT molecular complexity index is 844. The summed E-state index contributed by atoms with van der Waals surface area (Å²) >= 11 is 0. The van der Waals surface area contributed by atoms with Crippen molar-refractivity contribution in [3.63, 3.8) is 0 Å². The van der Waals surface area contributed by atoms with Gasteiger partial charge >= 0.3 is 0 Å². The molecule has 0 amide bonds. The number of Topliss-reactive ketones (excluding diaryl/α,β-unsaturated/α-hetero) is 1. The molecule has 0 fully saturated rings. The van der Waals surface area contributed by atoms with E-state index in [-0.39, 0.29) is 11.7 Å². The molecule has 4 heteroatoms. The van der Waals surface area contributed by atoms with E-state index in [9.17, 15) is 4.79 Å². The SMILES string of the molecule is Cc1c(C)c(C)c2c(c1C)OCCc1c(C(=O)C(C)C)nn(C)c1-2. The number of fused-ring (bicyclic) bond motifs is 3. The molecule has 0 saturated carbocycles. The van der Waals surface area contributed by atoms with Gasteiger partial charge in [-0.2, -0.15) is 5.10 Å². The average molecular weight is 326 g/mol. The number of benzene rings is 1. The zero-order chi connectivity index (χ0) is 17.8. The maximum atomic E-state index is 12.6. The van der Waals surface area contributed by atoms with Crippen molar-refractivity contribution in [3.05, 3.63) is 33.5 Å². The number of aromatic nitrogens is 2. The molecule has 0 spiro atoms. The van der Waals surface area contributed by atoms with E-state index < -0.39 is 0 Å². The number of carbonyl (C=O) groups is 1. The van der Waals surface area contributed by atoms with Gasteiger partial charge < -0.3 is 4.74 Å². The van der Waals surface area contributed by atoms with Crippen LogP contribution in [-0.4, -0.2) is 22.2 Å². The molecule has 2 heterocycles. The summed E-state index contributed by atoms with van der Waals surface area (Å²) in [4.78, 5) is 12.6. The number of nitrogens with zero attached hydrogens (tertiary/aromatic N) is 2. The molecule has 1 aromatic heterocycles. The van der Waals surface area contributed by atoms with Crippen molar-refractivity contribution in [2.24, 2.45) is 13.0 Å². The number of aryl methyl sites for hydroxylation is 1. The van der Waals surface area contributed by atoms with E-state index in [0.717, 1.165) is 22.6 Å². The van der Waals surface area contributed by atoms with Crippen molar-refractivity contribution >= 4 is 5.78 Å². The van der Waals surface area contributed by atoms with E-state index in [0.29, 0.717) is 18.7 Å². The van der Waals surface area contributed by atoms with Gasteiger partial charge in [-0.25, -0.2) is 0 Å². The van der Waals surface area contributed by atoms with Gasteiger partial charge in [0.05, 0.1) is 12.3 Å². The Labute approximate surface area is 143 Å². The normalized spacial score (nSPS) is 13.3. The summed E-state index contributed by atoms with van der Waals surface area (Å²) in [7, 11) is 1.93. The van der Waals surface area contributed by atoms with Crippen molar-refractivity contribution < 1.29 is 9.53 Å². The Hall–Kier alpha value is -2.10. The molecular formula is C20H26N2O2. The topological polar surface area (TPSA) is 44.1 Å². The lowest BCUT2D eigenvalue weighted by Gasteiger charge is -2.19. The highest BCUT2D eigenvalue weighted by Gasteiger charge is 2.30. The second-order valence-electron chi connectivity index (χ2n) is 7.12. The summed E-state index contributed by atoms with van der Waals surface area (Å²) in [5.41, 5.74) is 8.71. The van der Waals surface area contributed by atoms with Gasteiger partial charge in [0.2, 0.25) is 0 Å². The van der Waals surface area contributed by atoms with Crippen LogP contribution < -0.4 is 4.74 Å². The van der Waals surface area contributed by atoms with E-state index in [1.807, 2.05) is 25.6 Å². The Morgan fingerprint density at radius 2 is 1.71 bits per heavy atom. The highest BCUT2D eigenvalue weighted by molar-refractivity contribution is 5.99. The zero-order valence-corrected chi connectivity index (χ0v) is 15.7. The summed E-state index contributed by atoms with van der Waals surface area (Å²) in [5.74, 6) is 0.990. The van der Waals surface area contributed by atoms with E-state index in [1.54, 1.807) is 0 Å². The first-order valence-corrected chi connectivity index (χ1v) is 8.59. The monoisotopic (exact) mass is 326 g/mol. The van der Waals surface area contributed by atoms with Crippen molar-refractivity contribution in [3.8, 4) is 17.0 Å². The number of carbonyl (C=O) groups excluding carboxylic acids is 1. The molecule has 24 heavy (non-hydrogen) atoms. The number of hydrogen-bond acceptors (Lipinski definition) is 3. The van der Waals surface area contributed by atoms with E-state index in [1.165, 1.54) is 22.3 Å². The Morgan fingerprint density at radius 3 is 2.33 bits per heavy atom. The van der Waals surface area contributed by atoms with Crippen LogP contribution in [0.2, 0.25) is 0 Å². The molecule has 1 aliphatic rings. The third-order valence-corrected chi connectivity index (χ3v) is 5.37. The third-order valence-electron chi connectivity index (χ3n) is 5.37. The molecule has 0 aliphatic carbocycles. The lowest BCUT2D eigenvalue weighted by Crippen LogP contribution is -2.12. The first-order valence-electron chi connectivity index (χ1n) is 8.59. The van der Waals surface area contributed by atoms with Crippen LogP contribution in [0.15, 0.2) is 0 Å². The molecule has 0 atom stereocenters. The molecule has 4 nitrogen and oxygen atoms in total. The number of ketones is 1. The minimum atomic E-state index is -0.0600. The summed E-state index contributed by atoms with van der Waals surface area (Å²) in [6.07, 6.45) is 0.711. The Balaban J connectivity index is 2.37. The smallest absolute Gasteiger partial charge is 0.185 e. The summed E-state index contributed by atoms with van der Waals surface area (Å²) in [5, 5.41) is 4.59. The van der Waals surface area contributed by atoms with Crippen LogP contribution in [0.5, 0.6) is 5.75 Å². The van der Waals surface area contributed by atoms with Crippen LogP contribution in [0.25, 0.3) is 11.3 Å². The predicted octanol–water partition coefficient (Wildman–Crippen LogP) is 4.09. The highest BCUT2D eigenvalue weighted by Crippen LogP contribution is 2.43. The molecule has 128 valence electrons. The summed E-state index contributed by atoms with van der Waals surface area (Å²) in [6, 6.07) is 0. The van der Waals surface area contributed by atoms with E-state index in [2.05, 4.69) is 32.8 Å². The predicted molar refractivity (Wildman–Crippen MR) is 96.0 cm³/mol. The lowest BCUT2D eigenvalue weighted by molar-refractivity contribution is 0.0932. The molecule has 0 saturated heterocycles. The Morgan fingerprint density at radius 1 is 1.08 bits per heavy atom. The lowest BCUT2D eigenvalue weighted by atomic mass is 9.89. The number of rotatable bonds is 2. The maximum Gasteiger partial charge on any atom is 0.185 e. The minimum absolute atomic E-state index is 0.0600. The van der Waals surface area contributed by atoms with Gasteiger partial charge in [0.25, 0.3) is 0 Å². The van der Waals surface area contributed by atoms with Crippen molar-refractivity contribution in [1.82, 2.24) is 9.78 Å². The van der Waals surface area contributed by atoms with Crippen molar-refractivity contribution in [1.29, 1.82) is 0 Å². The second-order valence-corrected chi connectivity index (χ2v) is 7.12. The van der Waals surface area contributed by atoms with Crippen LogP contribution >= 0.6 is 0 Å². The van der Waals surface area contributed by atoms with Gasteiger partial charge in [0.15, 0.2) is 5.78 Å². The van der Waals surface area contributed by atoms with Crippen molar-refractivity contribution in [2.45, 2.75) is 48.0 Å². The molecule has 2 aromatic rings. The first kappa shape index (κ1) is 16.7. The fourth-order valence-corrected chi connectivity index (χ4v) is 3.59. The molecule has 0 bridgehead atoms. The number of hydrogen-bond donors (Lipinski definition) is 0. The van der Waals surface area contributed by atoms with Crippen LogP contribution in [0, 0.1) is 33.6 Å². The van der Waals surface area contributed by atoms with Gasteiger partial charge in [0.1, 0.15) is 11.4 Å². The van der Waals surface area contributed by atoms with Crippen LogP contribution in [-0.2, 0) is 13.5 Å². The van der Waals surface area contributed by atoms with Gasteiger partial charge in [-0.15, -0.1) is 0 Å². The quantitative estimate of drug-likeness (QED) is 0.781. The van der Waals surface area contributed by atoms with E-state index in [4.69, 9.17) is 4.74 Å². The molecule has 0 unspecified atom stereocenters. The Kier molecular flexibility index (Phi) is 4.02. The fourth-order valence-electron chi connectivity index (χ4n) is 3.59.